The third-order valence-electron chi connectivity index (χ3n) is 2.49. The maximum Gasteiger partial charge on any atom is 0.133 e. The van der Waals surface area contributed by atoms with E-state index in [-0.39, 0.29) is 23.5 Å². The van der Waals surface area contributed by atoms with Crippen molar-refractivity contribution in [1.29, 1.82) is 5.41 Å². The predicted molar refractivity (Wildman–Crippen MR) is 48.6 cm³/mol. The second kappa shape index (κ2) is 3.58. The number of nitrogens with zero attached hydrogens (tertiary/aromatic N) is 3. The van der Waals surface area contributed by atoms with Gasteiger partial charge in [-0.3, -0.25) is 4.79 Å². The van der Waals surface area contributed by atoms with Gasteiger partial charge in [0.15, 0.2) is 0 Å². The van der Waals surface area contributed by atoms with E-state index in [0.717, 1.165) is 0 Å². The Bertz CT molecular complexity index is 273. The fraction of sp³-hybridized carbons (Fsp3) is 0.750. The minimum atomic E-state index is -0.0806. The molecule has 70 valence electrons. The van der Waals surface area contributed by atoms with Crippen LogP contribution in [0.5, 0.6) is 0 Å². The molecule has 1 rings (SSSR count). The van der Waals surface area contributed by atoms with Gasteiger partial charge < -0.3 is 5.41 Å². The Morgan fingerprint density at radius 2 is 2.15 bits per heavy atom. The fourth-order valence-corrected chi connectivity index (χ4v) is 1.88. The lowest BCUT2D eigenvalue weighted by Gasteiger charge is -1.90. The smallest absolute Gasteiger partial charge is 0.133 e. The highest BCUT2D eigenvalue weighted by atomic mass is 16.1. The number of ketones is 1. The zero-order valence-electron chi connectivity index (χ0n) is 7.69. The van der Waals surface area contributed by atoms with Gasteiger partial charge in [-0.2, -0.15) is 0 Å². The molecule has 0 amide bonds. The molecule has 0 bridgehead atoms. The minimum Gasteiger partial charge on any atom is -0.310 e. The quantitative estimate of drug-likeness (QED) is 0.304. The average molecular weight is 180 g/mol. The van der Waals surface area contributed by atoms with E-state index in [1.54, 1.807) is 6.92 Å². The highest BCUT2D eigenvalue weighted by Gasteiger charge is 2.53. The van der Waals surface area contributed by atoms with Crippen LogP contribution in [-0.4, -0.2) is 18.0 Å². The highest BCUT2D eigenvalue weighted by Crippen LogP contribution is 2.47. The molecule has 0 aromatic heterocycles. The molecule has 3 atom stereocenters. The summed E-state index contributed by atoms with van der Waals surface area (Å²) in [5, 5.41) is 10.8. The second-order valence-electron chi connectivity index (χ2n) is 3.42. The molecule has 1 saturated carbocycles. The van der Waals surface area contributed by atoms with Gasteiger partial charge in [-0.15, -0.1) is 0 Å². The summed E-state index contributed by atoms with van der Waals surface area (Å²) in [6, 6.07) is 0. The van der Waals surface area contributed by atoms with Gasteiger partial charge in [0.1, 0.15) is 5.78 Å². The Balaban J connectivity index is 2.61. The Hall–Kier alpha value is -1.35. The normalized spacial score (nSPS) is 30.5. The van der Waals surface area contributed by atoms with E-state index in [1.807, 2.05) is 0 Å². The summed E-state index contributed by atoms with van der Waals surface area (Å²) in [6.45, 7) is 3.55. The molecule has 5 heteroatoms. The van der Waals surface area contributed by atoms with Gasteiger partial charge in [-0.25, -0.2) is 0 Å². The maximum absolute atomic E-state index is 11.1. The van der Waals surface area contributed by atoms with Crippen molar-refractivity contribution in [3.05, 3.63) is 10.4 Å². The molecule has 1 N–H and O–H groups in total. The van der Waals surface area contributed by atoms with E-state index in [4.69, 9.17) is 10.9 Å². The van der Waals surface area contributed by atoms with Gasteiger partial charge in [0.25, 0.3) is 0 Å². The molecular weight excluding hydrogens is 168 g/mol. The monoisotopic (exact) mass is 180 g/mol. The first-order valence-corrected chi connectivity index (χ1v) is 4.16. The van der Waals surface area contributed by atoms with Crippen molar-refractivity contribution in [2.75, 3.05) is 6.54 Å². The number of carbonyl (C=O) groups is 1. The van der Waals surface area contributed by atoms with E-state index in [1.165, 1.54) is 6.92 Å². The molecule has 1 aliphatic rings. The molecule has 0 radical (unpaired) electrons. The summed E-state index contributed by atoms with van der Waals surface area (Å²) in [6.07, 6.45) is 0. The molecule has 13 heavy (non-hydrogen) atoms. The van der Waals surface area contributed by atoms with E-state index < -0.39 is 0 Å². The van der Waals surface area contributed by atoms with Crippen LogP contribution < -0.4 is 0 Å². The van der Waals surface area contributed by atoms with Gasteiger partial charge in [-0.05, 0) is 25.3 Å². The summed E-state index contributed by atoms with van der Waals surface area (Å²) in [5.41, 5.74) is 8.62. The standard InChI is InChI=1S/C8H12N4O/c1-4(9)7-6(3-11-12-10)8(7)5(2)13/h6-9H,3H2,1-2H3. The molecule has 0 spiro atoms. The van der Waals surface area contributed by atoms with Crippen molar-refractivity contribution in [1.82, 2.24) is 0 Å². The highest BCUT2D eigenvalue weighted by molar-refractivity contribution is 5.94. The summed E-state index contributed by atoms with van der Waals surface area (Å²) in [7, 11) is 0. The largest absolute Gasteiger partial charge is 0.310 e. The Morgan fingerprint density at radius 3 is 2.46 bits per heavy atom. The molecule has 0 aromatic rings. The van der Waals surface area contributed by atoms with Crippen LogP contribution in [0.2, 0.25) is 0 Å². The number of Topliss-reactive ketones (excluding diaryl/α,β-unsaturated/α-hetero) is 1. The van der Waals surface area contributed by atoms with E-state index in [9.17, 15) is 4.79 Å². The number of rotatable bonds is 4. The molecule has 0 aromatic carbocycles. The summed E-state index contributed by atoms with van der Waals surface area (Å²) in [5.74, 6) is 0.103. The lowest BCUT2D eigenvalue weighted by Crippen LogP contribution is -2.00. The minimum absolute atomic E-state index is 0.0167. The van der Waals surface area contributed by atoms with Crippen LogP contribution in [0.25, 0.3) is 10.4 Å². The first-order valence-electron chi connectivity index (χ1n) is 4.16. The molecule has 1 fully saturated rings. The third-order valence-corrected chi connectivity index (χ3v) is 2.49. The zero-order chi connectivity index (χ0) is 10.0. The number of hydrogen-bond acceptors (Lipinski definition) is 3. The Morgan fingerprint density at radius 1 is 1.54 bits per heavy atom. The number of carbonyl (C=O) groups excluding carboxylic acids is 1. The molecule has 0 heterocycles. The number of nitrogens with one attached hydrogen (secondary N) is 1. The second-order valence-corrected chi connectivity index (χ2v) is 3.42. The first-order chi connectivity index (χ1) is 6.09. The van der Waals surface area contributed by atoms with Crippen LogP contribution in [-0.2, 0) is 4.79 Å². The summed E-state index contributed by atoms with van der Waals surface area (Å²) < 4.78 is 0. The lowest BCUT2D eigenvalue weighted by molar-refractivity contribution is -0.118. The molecule has 0 aliphatic heterocycles. The van der Waals surface area contributed by atoms with Gasteiger partial charge in [0, 0.05) is 29.0 Å². The van der Waals surface area contributed by atoms with Crippen molar-refractivity contribution in [2.24, 2.45) is 22.9 Å². The average Bonchev–Trinajstić information content (AvgIpc) is 2.74. The van der Waals surface area contributed by atoms with Crippen LogP contribution in [0.4, 0.5) is 0 Å². The van der Waals surface area contributed by atoms with Crippen molar-refractivity contribution >= 4 is 11.5 Å². The van der Waals surface area contributed by atoms with Crippen LogP contribution in [0.1, 0.15) is 13.8 Å². The van der Waals surface area contributed by atoms with Crippen LogP contribution >= 0.6 is 0 Å². The van der Waals surface area contributed by atoms with Gasteiger partial charge in [0.05, 0.1) is 0 Å². The fourth-order valence-electron chi connectivity index (χ4n) is 1.88. The van der Waals surface area contributed by atoms with Crippen molar-refractivity contribution in [2.45, 2.75) is 13.8 Å². The Labute approximate surface area is 76.3 Å². The van der Waals surface area contributed by atoms with Crippen LogP contribution in [0.3, 0.4) is 0 Å². The number of hydrogen-bond donors (Lipinski definition) is 1. The zero-order valence-corrected chi connectivity index (χ0v) is 7.69. The van der Waals surface area contributed by atoms with Gasteiger partial charge in [-0.1, -0.05) is 5.11 Å². The third kappa shape index (κ3) is 1.87. The molecule has 0 saturated heterocycles. The van der Waals surface area contributed by atoms with E-state index >= 15 is 0 Å². The van der Waals surface area contributed by atoms with E-state index in [0.29, 0.717) is 12.3 Å². The topological polar surface area (TPSA) is 89.7 Å². The predicted octanol–water partition coefficient (Wildman–Crippen LogP) is 1.79. The van der Waals surface area contributed by atoms with Crippen molar-refractivity contribution < 1.29 is 4.79 Å². The molecule has 1 aliphatic carbocycles. The van der Waals surface area contributed by atoms with Gasteiger partial charge >= 0.3 is 0 Å². The first kappa shape index (κ1) is 9.74. The SMILES string of the molecule is CC(=N)C1C(CN=[N+]=[N-])C1C(C)=O. The molecular formula is C8H12N4O. The number of azide groups is 1. The van der Waals surface area contributed by atoms with Crippen molar-refractivity contribution in [3.8, 4) is 0 Å². The van der Waals surface area contributed by atoms with E-state index in [2.05, 4.69) is 10.0 Å². The summed E-state index contributed by atoms with van der Waals surface area (Å²) >= 11 is 0. The lowest BCUT2D eigenvalue weighted by atomic mass is 10.2. The van der Waals surface area contributed by atoms with Crippen LogP contribution in [0.15, 0.2) is 5.11 Å². The maximum atomic E-state index is 11.1. The van der Waals surface area contributed by atoms with Gasteiger partial charge in [0.2, 0.25) is 0 Å². The summed E-state index contributed by atoms with van der Waals surface area (Å²) in [4.78, 5) is 13.7. The Kier molecular flexibility index (Phi) is 2.68. The van der Waals surface area contributed by atoms with Crippen LogP contribution in [0, 0.1) is 23.2 Å². The molecule has 5 nitrogen and oxygen atoms in total. The van der Waals surface area contributed by atoms with Crippen molar-refractivity contribution in [3.63, 3.8) is 0 Å². The molecule has 3 unspecified atom stereocenters.